The van der Waals surface area contributed by atoms with E-state index in [1.807, 2.05) is 0 Å². The SMILES string of the molecule is CC1CNCCN1S(=O)(=O)c1ccc(S(C)(=O)=O)c(F)c1. The average Bonchev–Trinajstić information content (AvgIpc) is 2.37. The molecule has 0 amide bonds. The van der Waals surface area contributed by atoms with Crippen LogP contribution < -0.4 is 5.32 Å². The number of rotatable bonds is 3. The van der Waals surface area contributed by atoms with E-state index in [2.05, 4.69) is 5.32 Å². The summed E-state index contributed by atoms with van der Waals surface area (Å²) < 4.78 is 62.9. The Morgan fingerprint density at radius 1 is 1.29 bits per heavy atom. The lowest BCUT2D eigenvalue weighted by Crippen LogP contribution is -2.52. The second kappa shape index (κ2) is 5.64. The molecule has 1 saturated heterocycles. The maximum absolute atomic E-state index is 13.9. The highest BCUT2D eigenvalue weighted by Gasteiger charge is 2.31. The predicted molar refractivity (Wildman–Crippen MR) is 75.7 cm³/mol. The van der Waals surface area contributed by atoms with Gasteiger partial charge in [0.15, 0.2) is 9.84 Å². The fourth-order valence-corrected chi connectivity index (χ4v) is 4.63. The zero-order valence-corrected chi connectivity index (χ0v) is 13.3. The van der Waals surface area contributed by atoms with E-state index in [0.29, 0.717) is 19.6 Å². The van der Waals surface area contributed by atoms with Gasteiger partial charge in [0.1, 0.15) is 10.7 Å². The third kappa shape index (κ3) is 3.25. The molecule has 9 heteroatoms. The first-order valence-electron chi connectivity index (χ1n) is 6.36. The topological polar surface area (TPSA) is 83.6 Å². The van der Waals surface area contributed by atoms with E-state index in [1.54, 1.807) is 6.92 Å². The van der Waals surface area contributed by atoms with Crippen LogP contribution >= 0.6 is 0 Å². The molecule has 0 aromatic heterocycles. The Morgan fingerprint density at radius 2 is 1.95 bits per heavy atom. The van der Waals surface area contributed by atoms with E-state index >= 15 is 0 Å². The van der Waals surface area contributed by atoms with Crippen molar-refractivity contribution in [2.75, 3.05) is 25.9 Å². The largest absolute Gasteiger partial charge is 0.314 e. The molecule has 1 aromatic rings. The van der Waals surface area contributed by atoms with E-state index < -0.39 is 30.6 Å². The van der Waals surface area contributed by atoms with Crippen molar-refractivity contribution in [3.63, 3.8) is 0 Å². The van der Waals surface area contributed by atoms with Gasteiger partial charge in [-0.15, -0.1) is 0 Å². The smallest absolute Gasteiger partial charge is 0.243 e. The summed E-state index contributed by atoms with van der Waals surface area (Å²) >= 11 is 0. The van der Waals surface area contributed by atoms with Crippen molar-refractivity contribution >= 4 is 19.9 Å². The molecule has 1 heterocycles. The molecule has 6 nitrogen and oxygen atoms in total. The summed E-state index contributed by atoms with van der Waals surface area (Å²) in [6, 6.07) is 2.63. The molecular weight excluding hydrogens is 319 g/mol. The molecule has 1 aromatic carbocycles. The third-order valence-corrected chi connectivity index (χ3v) is 6.49. The first-order valence-corrected chi connectivity index (χ1v) is 9.69. The molecule has 2 rings (SSSR count). The molecule has 1 fully saturated rings. The molecule has 1 aliphatic heterocycles. The highest BCUT2D eigenvalue weighted by molar-refractivity contribution is 7.90. The van der Waals surface area contributed by atoms with Gasteiger partial charge in [0, 0.05) is 31.9 Å². The lowest BCUT2D eigenvalue weighted by Gasteiger charge is -2.32. The summed E-state index contributed by atoms with van der Waals surface area (Å²) in [5.41, 5.74) is 0. The van der Waals surface area contributed by atoms with Crippen molar-refractivity contribution in [1.29, 1.82) is 0 Å². The van der Waals surface area contributed by atoms with Gasteiger partial charge in [0.05, 0.1) is 4.90 Å². The molecule has 21 heavy (non-hydrogen) atoms. The highest BCUT2D eigenvalue weighted by atomic mass is 32.2. The third-order valence-electron chi connectivity index (χ3n) is 3.35. The Kier molecular flexibility index (Phi) is 4.39. The van der Waals surface area contributed by atoms with E-state index in [4.69, 9.17) is 0 Å². The van der Waals surface area contributed by atoms with Gasteiger partial charge in [-0.1, -0.05) is 0 Å². The summed E-state index contributed by atoms with van der Waals surface area (Å²) in [4.78, 5) is -0.740. The number of sulfone groups is 1. The second-order valence-corrected chi connectivity index (χ2v) is 8.91. The van der Waals surface area contributed by atoms with Gasteiger partial charge in [-0.3, -0.25) is 0 Å². The number of nitrogens with zero attached hydrogens (tertiary/aromatic N) is 1. The van der Waals surface area contributed by atoms with E-state index in [9.17, 15) is 21.2 Å². The molecule has 118 valence electrons. The zero-order valence-electron chi connectivity index (χ0n) is 11.7. The number of hydrogen-bond acceptors (Lipinski definition) is 5. The van der Waals surface area contributed by atoms with Gasteiger partial charge in [-0.05, 0) is 25.1 Å². The fraction of sp³-hybridized carbons (Fsp3) is 0.500. The van der Waals surface area contributed by atoms with Crippen LogP contribution in [0.25, 0.3) is 0 Å². The van der Waals surface area contributed by atoms with Crippen LogP contribution in [-0.2, 0) is 19.9 Å². The number of sulfonamides is 1. The van der Waals surface area contributed by atoms with Crippen LogP contribution in [0.2, 0.25) is 0 Å². The van der Waals surface area contributed by atoms with E-state index in [-0.39, 0.29) is 10.9 Å². The Balaban J connectivity index is 2.44. The van der Waals surface area contributed by atoms with Gasteiger partial charge >= 0.3 is 0 Å². The lowest BCUT2D eigenvalue weighted by molar-refractivity contribution is 0.283. The van der Waals surface area contributed by atoms with Crippen LogP contribution in [0.3, 0.4) is 0 Å². The van der Waals surface area contributed by atoms with Gasteiger partial charge in [-0.25, -0.2) is 21.2 Å². The second-order valence-electron chi connectivity index (χ2n) is 5.03. The average molecular weight is 336 g/mol. The minimum atomic E-state index is -3.84. The standard InChI is InChI=1S/C12H17FN2O4S2/c1-9-8-14-5-6-15(9)21(18,19)10-3-4-12(11(13)7-10)20(2,16)17/h3-4,7,9,14H,5-6,8H2,1-2H3. The molecule has 0 aliphatic carbocycles. The quantitative estimate of drug-likeness (QED) is 0.853. The van der Waals surface area contributed by atoms with Crippen molar-refractivity contribution in [2.24, 2.45) is 0 Å². The summed E-state index contributed by atoms with van der Waals surface area (Å²) in [5.74, 6) is -1.05. The summed E-state index contributed by atoms with van der Waals surface area (Å²) in [7, 11) is -7.56. The normalized spacial score (nSPS) is 21.4. The van der Waals surface area contributed by atoms with Crippen molar-refractivity contribution in [2.45, 2.75) is 22.8 Å². The molecule has 1 aliphatic rings. The van der Waals surface area contributed by atoms with E-state index in [1.165, 1.54) is 4.31 Å². The zero-order chi connectivity index (χ0) is 15.8. The van der Waals surface area contributed by atoms with Gasteiger partial charge in [-0.2, -0.15) is 4.31 Å². The molecule has 0 saturated carbocycles. The Morgan fingerprint density at radius 3 is 2.48 bits per heavy atom. The molecule has 0 bridgehead atoms. The van der Waals surface area contributed by atoms with Crippen LogP contribution in [0, 0.1) is 5.82 Å². The molecule has 1 atom stereocenters. The number of nitrogens with one attached hydrogen (secondary N) is 1. The molecule has 1 N–H and O–H groups in total. The fourth-order valence-electron chi connectivity index (χ4n) is 2.26. The lowest BCUT2D eigenvalue weighted by atomic mass is 10.3. The summed E-state index contributed by atoms with van der Waals surface area (Å²) in [5, 5.41) is 3.07. The highest BCUT2D eigenvalue weighted by Crippen LogP contribution is 2.23. The maximum Gasteiger partial charge on any atom is 0.243 e. The Labute approximate surface area is 123 Å². The minimum absolute atomic E-state index is 0.235. The van der Waals surface area contributed by atoms with Gasteiger partial charge in [0.2, 0.25) is 10.0 Å². The first-order chi connectivity index (χ1) is 9.64. The maximum atomic E-state index is 13.9. The van der Waals surface area contributed by atoms with E-state index in [0.717, 1.165) is 24.5 Å². The van der Waals surface area contributed by atoms with Crippen molar-refractivity contribution in [3.8, 4) is 0 Å². The number of piperazine rings is 1. The van der Waals surface area contributed by atoms with Gasteiger partial charge < -0.3 is 5.32 Å². The number of benzene rings is 1. The van der Waals surface area contributed by atoms with Crippen LogP contribution in [0.4, 0.5) is 4.39 Å². The van der Waals surface area contributed by atoms with Crippen LogP contribution in [-0.4, -0.2) is 53.1 Å². The summed E-state index contributed by atoms with van der Waals surface area (Å²) in [6.07, 6.45) is 0.873. The number of halogens is 1. The Hall–Kier alpha value is -1.03. The van der Waals surface area contributed by atoms with Crippen molar-refractivity contribution in [3.05, 3.63) is 24.0 Å². The van der Waals surface area contributed by atoms with Crippen LogP contribution in [0.5, 0.6) is 0 Å². The van der Waals surface area contributed by atoms with Crippen LogP contribution in [0.15, 0.2) is 28.0 Å². The molecule has 1 unspecified atom stereocenters. The first kappa shape index (κ1) is 16.3. The predicted octanol–water partition coefficient (Wildman–Crippen LogP) is 0.212. The number of hydrogen-bond donors (Lipinski definition) is 1. The Bertz CT molecular complexity index is 747. The van der Waals surface area contributed by atoms with Crippen molar-refractivity contribution in [1.82, 2.24) is 9.62 Å². The van der Waals surface area contributed by atoms with Crippen molar-refractivity contribution < 1.29 is 21.2 Å². The monoisotopic (exact) mass is 336 g/mol. The molecule has 0 spiro atoms. The minimum Gasteiger partial charge on any atom is -0.314 e. The van der Waals surface area contributed by atoms with Gasteiger partial charge in [0.25, 0.3) is 0 Å². The molecule has 0 radical (unpaired) electrons. The molecular formula is C12H17FN2O4S2. The summed E-state index contributed by atoms with van der Waals surface area (Å²) in [6.45, 7) is 3.08. The van der Waals surface area contributed by atoms with Crippen LogP contribution in [0.1, 0.15) is 6.92 Å².